The number of rotatable bonds is 67. The number of phosphoric acid groups is 1. The topological polar surface area (TPSA) is 134 Å². The van der Waals surface area contributed by atoms with Gasteiger partial charge in [-0.1, -0.05) is 340 Å². The fraction of sp³-hybridized carbons (Fsp3) is 0.913. The highest BCUT2D eigenvalue weighted by atomic mass is 31.2. The van der Waals surface area contributed by atoms with E-state index in [-0.39, 0.29) is 38.6 Å². The lowest BCUT2D eigenvalue weighted by Gasteiger charge is -2.19. The Labute approximate surface area is 491 Å². The maximum absolute atomic E-state index is 12.7. The molecule has 0 spiro atoms. The molecule has 0 aliphatic carbocycles. The van der Waals surface area contributed by atoms with Gasteiger partial charge in [-0.15, -0.1) is 0 Å². The Hall–Kier alpha value is -1.51. The highest BCUT2D eigenvalue weighted by Gasteiger charge is 2.26. The Morgan fingerprint density at radius 3 is 0.962 bits per heavy atom. The smallest absolute Gasteiger partial charge is 0.462 e. The molecule has 0 aromatic rings. The average molecular weight is 1140 g/mol. The predicted octanol–water partition coefficient (Wildman–Crippen LogP) is 22.5. The molecule has 0 radical (unpaired) electrons. The van der Waals surface area contributed by atoms with Crippen LogP contribution in [0.4, 0.5) is 0 Å². The van der Waals surface area contributed by atoms with Crippen LogP contribution in [-0.2, 0) is 32.7 Å². The molecule has 0 amide bonds. The third-order valence-electron chi connectivity index (χ3n) is 15.8. The van der Waals surface area contributed by atoms with Crippen LogP contribution in [-0.4, -0.2) is 49.3 Å². The fourth-order valence-corrected chi connectivity index (χ4v) is 11.4. The molecule has 2 unspecified atom stereocenters. The van der Waals surface area contributed by atoms with Crippen LogP contribution in [0.2, 0.25) is 0 Å². The Morgan fingerprint density at radius 1 is 0.380 bits per heavy atom. The van der Waals surface area contributed by atoms with Crippen LogP contribution in [0.25, 0.3) is 0 Å². The standard InChI is InChI=1S/C69H134NO8P/c1-3-5-7-9-11-13-15-17-19-21-23-25-27-29-30-31-32-33-34-35-36-38-39-41-43-45-47-49-51-53-55-57-59-61-68(71)75-65-67(66-77-79(73,74)76-64-63-70)78-69(72)62-60-58-56-54-52-50-48-46-44-42-40-37-28-26-24-22-20-18-16-14-12-10-8-6-4-2/h16,18,22,24,67H,3-15,17,19-21,23,25-66,70H2,1-2H3,(H,73,74)/b18-16-,24-22-. The second-order valence-electron chi connectivity index (χ2n) is 23.8. The minimum absolute atomic E-state index is 0.0561. The van der Waals surface area contributed by atoms with Gasteiger partial charge in [0, 0.05) is 19.4 Å². The molecule has 0 aromatic carbocycles. The maximum atomic E-state index is 12.7. The molecule has 0 heterocycles. The molecule has 0 rings (SSSR count). The van der Waals surface area contributed by atoms with E-state index in [1.807, 2.05) is 0 Å². The monoisotopic (exact) mass is 1140 g/mol. The van der Waals surface area contributed by atoms with Crippen molar-refractivity contribution < 1.29 is 37.6 Å². The first-order chi connectivity index (χ1) is 38.8. The summed E-state index contributed by atoms with van der Waals surface area (Å²) in [7, 11) is -4.39. The van der Waals surface area contributed by atoms with Crippen molar-refractivity contribution in [1.29, 1.82) is 0 Å². The maximum Gasteiger partial charge on any atom is 0.472 e. The van der Waals surface area contributed by atoms with Crippen molar-refractivity contribution in [3.8, 4) is 0 Å². The number of carbonyl (C=O) groups excluding carboxylic acids is 2. The van der Waals surface area contributed by atoms with Crippen LogP contribution >= 0.6 is 7.82 Å². The Balaban J connectivity index is 3.80. The molecule has 9 nitrogen and oxygen atoms in total. The van der Waals surface area contributed by atoms with Gasteiger partial charge in [-0.05, 0) is 44.9 Å². The van der Waals surface area contributed by atoms with Gasteiger partial charge in [0.05, 0.1) is 13.2 Å². The molecule has 10 heteroatoms. The summed E-state index contributed by atoms with van der Waals surface area (Å²) in [5, 5.41) is 0. The van der Waals surface area contributed by atoms with E-state index in [1.54, 1.807) is 0 Å². The van der Waals surface area contributed by atoms with Gasteiger partial charge in [-0.3, -0.25) is 18.6 Å². The molecule has 0 bridgehead atoms. The van der Waals surface area contributed by atoms with Gasteiger partial charge >= 0.3 is 19.8 Å². The zero-order chi connectivity index (χ0) is 57.3. The molecule has 79 heavy (non-hydrogen) atoms. The molecule has 3 N–H and O–H groups in total. The summed E-state index contributed by atoms with van der Waals surface area (Å²) in [6.45, 7) is 3.81. The van der Waals surface area contributed by atoms with Crippen molar-refractivity contribution in [3.05, 3.63) is 24.3 Å². The van der Waals surface area contributed by atoms with Crippen LogP contribution < -0.4 is 5.73 Å². The first-order valence-corrected chi connectivity index (χ1v) is 36.3. The summed E-state index contributed by atoms with van der Waals surface area (Å²) in [5.41, 5.74) is 5.40. The van der Waals surface area contributed by atoms with Crippen LogP contribution in [0.15, 0.2) is 24.3 Å². The van der Waals surface area contributed by atoms with Crippen molar-refractivity contribution in [2.75, 3.05) is 26.4 Å². The van der Waals surface area contributed by atoms with Crippen molar-refractivity contribution in [1.82, 2.24) is 0 Å². The third-order valence-corrected chi connectivity index (χ3v) is 16.8. The molecular weight excluding hydrogens is 1000 g/mol. The van der Waals surface area contributed by atoms with Gasteiger partial charge in [-0.2, -0.15) is 0 Å². The van der Waals surface area contributed by atoms with E-state index in [9.17, 15) is 19.0 Å². The number of carbonyl (C=O) groups is 2. The van der Waals surface area contributed by atoms with E-state index < -0.39 is 26.5 Å². The summed E-state index contributed by atoms with van der Waals surface area (Å²) in [6, 6.07) is 0. The summed E-state index contributed by atoms with van der Waals surface area (Å²) >= 11 is 0. The average Bonchev–Trinajstić information content (AvgIpc) is 3.44. The molecule has 0 aliphatic heterocycles. The van der Waals surface area contributed by atoms with Gasteiger partial charge in [0.25, 0.3) is 0 Å². The molecule has 0 fully saturated rings. The second kappa shape index (κ2) is 65.6. The number of unbranched alkanes of at least 4 members (excludes halogenated alkanes) is 50. The lowest BCUT2D eigenvalue weighted by Crippen LogP contribution is -2.29. The van der Waals surface area contributed by atoms with Gasteiger partial charge in [0.15, 0.2) is 6.10 Å². The number of nitrogens with two attached hydrogens (primary N) is 1. The number of allylic oxidation sites excluding steroid dienone is 4. The Bertz CT molecular complexity index is 1340. The van der Waals surface area contributed by atoms with Crippen molar-refractivity contribution >= 4 is 19.8 Å². The zero-order valence-corrected chi connectivity index (χ0v) is 53.5. The number of esters is 2. The van der Waals surface area contributed by atoms with Gasteiger partial charge in [-0.25, -0.2) is 4.57 Å². The first kappa shape index (κ1) is 77.5. The van der Waals surface area contributed by atoms with Crippen LogP contribution in [0, 0.1) is 0 Å². The quantitative estimate of drug-likeness (QED) is 0.0264. The molecule has 0 saturated heterocycles. The Kier molecular flexibility index (Phi) is 64.4. The van der Waals surface area contributed by atoms with E-state index in [0.717, 1.165) is 44.9 Å². The van der Waals surface area contributed by atoms with Crippen LogP contribution in [0.5, 0.6) is 0 Å². The molecule has 0 aliphatic rings. The lowest BCUT2D eigenvalue weighted by atomic mass is 10.0. The van der Waals surface area contributed by atoms with Crippen molar-refractivity contribution in [2.45, 2.75) is 380 Å². The second-order valence-corrected chi connectivity index (χ2v) is 25.2. The van der Waals surface area contributed by atoms with E-state index in [2.05, 4.69) is 38.2 Å². The number of ether oxygens (including phenoxy) is 2. The van der Waals surface area contributed by atoms with Gasteiger partial charge < -0.3 is 20.1 Å². The number of hydrogen-bond acceptors (Lipinski definition) is 8. The Morgan fingerprint density at radius 2 is 0.658 bits per heavy atom. The molecule has 0 aromatic heterocycles. The van der Waals surface area contributed by atoms with Crippen molar-refractivity contribution in [3.63, 3.8) is 0 Å². The van der Waals surface area contributed by atoms with Crippen LogP contribution in [0.3, 0.4) is 0 Å². The van der Waals surface area contributed by atoms with E-state index in [4.69, 9.17) is 24.3 Å². The van der Waals surface area contributed by atoms with Gasteiger partial charge in [0.1, 0.15) is 6.61 Å². The largest absolute Gasteiger partial charge is 0.472 e. The summed E-state index contributed by atoms with van der Waals surface area (Å²) in [6.07, 6.45) is 80.0. The zero-order valence-electron chi connectivity index (χ0n) is 52.6. The highest BCUT2D eigenvalue weighted by Crippen LogP contribution is 2.43. The number of hydrogen-bond donors (Lipinski definition) is 2. The summed E-state index contributed by atoms with van der Waals surface area (Å²) < 4.78 is 33.2. The lowest BCUT2D eigenvalue weighted by molar-refractivity contribution is -0.161. The fourth-order valence-electron chi connectivity index (χ4n) is 10.7. The molecular formula is C69H134NO8P. The van der Waals surface area contributed by atoms with E-state index in [0.29, 0.717) is 6.42 Å². The third kappa shape index (κ3) is 65.5. The summed E-state index contributed by atoms with van der Waals surface area (Å²) in [5.74, 6) is -0.806. The summed E-state index contributed by atoms with van der Waals surface area (Å²) in [4.78, 5) is 35.3. The molecule has 0 saturated carbocycles. The molecule has 2 atom stereocenters. The van der Waals surface area contributed by atoms with Crippen molar-refractivity contribution in [2.24, 2.45) is 5.73 Å². The number of phosphoric ester groups is 1. The normalized spacial score (nSPS) is 13.0. The van der Waals surface area contributed by atoms with Gasteiger partial charge in [0.2, 0.25) is 0 Å². The SMILES string of the molecule is CCCCCCC/C=C\C/C=C\CCCCCCCCCCCCCCCC(=O)OC(COC(=O)CCCCCCCCCCCCCCCCCCCCCCCCCCCCCCCCCCC)COP(=O)(O)OCCN. The minimum Gasteiger partial charge on any atom is -0.462 e. The predicted molar refractivity (Wildman–Crippen MR) is 340 cm³/mol. The minimum atomic E-state index is -4.39. The highest BCUT2D eigenvalue weighted by molar-refractivity contribution is 7.47. The van der Waals surface area contributed by atoms with Crippen LogP contribution in [0.1, 0.15) is 373 Å². The van der Waals surface area contributed by atoms with E-state index in [1.165, 1.54) is 295 Å². The van der Waals surface area contributed by atoms with E-state index >= 15 is 0 Å². The molecule has 468 valence electrons. The first-order valence-electron chi connectivity index (χ1n) is 34.8.